The Labute approximate surface area is 272 Å². The number of likely N-dealkylation sites (tertiary alicyclic amines) is 1. The van der Waals surface area contributed by atoms with Crippen LogP contribution in [0.4, 0.5) is 0 Å². The summed E-state index contributed by atoms with van der Waals surface area (Å²) < 4.78 is 5.04. The lowest BCUT2D eigenvalue weighted by molar-refractivity contribution is -0.145. The minimum atomic E-state index is -1.09. The van der Waals surface area contributed by atoms with Gasteiger partial charge in [-0.1, -0.05) is 46.6 Å². The van der Waals surface area contributed by atoms with Crippen LogP contribution in [0.25, 0.3) is 0 Å². The van der Waals surface area contributed by atoms with E-state index in [-0.39, 0.29) is 60.9 Å². The van der Waals surface area contributed by atoms with Crippen molar-refractivity contribution in [2.45, 2.75) is 117 Å². The fraction of sp³-hybridized carbons (Fsp3) is 0.727. The Morgan fingerprint density at radius 2 is 1.91 bits per heavy atom. The Bertz CT molecular complexity index is 1190. The van der Waals surface area contributed by atoms with Gasteiger partial charge in [-0.15, -0.1) is 11.3 Å². The molecular formula is C33H53N5O6S. The highest BCUT2D eigenvalue weighted by Crippen LogP contribution is 2.29. The van der Waals surface area contributed by atoms with Crippen LogP contribution in [0.3, 0.4) is 0 Å². The molecule has 0 unspecified atom stereocenters. The van der Waals surface area contributed by atoms with E-state index in [1.807, 2.05) is 45.7 Å². The van der Waals surface area contributed by atoms with Gasteiger partial charge in [-0.25, -0.2) is 9.78 Å². The second kappa shape index (κ2) is 17.8. The smallest absolute Gasteiger partial charge is 0.357 e. The number of hydrogen-bond donors (Lipinski definition) is 3. The van der Waals surface area contributed by atoms with Crippen LogP contribution in [0.2, 0.25) is 0 Å². The molecule has 5 atom stereocenters. The van der Waals surface area contributed by atoms with Crippen molar-refractivity contribution in [3.05, 3.63) is 27.9 Å². The number of ether oxygens (including phenoxy) is 1. The molecule has 0 spiro atoms. The van der Waals surface area contributed by atoms with E-state index in [4.69, 9.17) is 4.74 Å². The zero-order valence-electron chi connectivity index (χ0n) is 27.8. The highest BCUT2D eigenvalue weighted by molar-refractivity contribution is 7.09. The number of nitrogens with one attached hydrogen (secondary N) is 2. The molecule has 1 aromatic rings. The van der Waals surface area contributed by atoms with Crippen LogP contribution in [0, 0.1) is 11.8 Å². The number of aliphatic hydroxyl groups is 1. The minimum absolute atomic E-state index is 0.0989. The molecule has 3 N–H and O–H groups in total. The molecule has 1 saturated heterocycles. The number of aromatic nitrogens is 1. The number of nitrogens with zero attached hydrogens (tertiary/aromatic N) is 3. The van der Waals surface area contributed by atoms with Crippen molar-refractivity contribution >= 4 is 35.0 Å². The topological polar surface area (TPSA) is 141 Å². The van der Waals surface area contributed by atoms with E-state index < -0.39 is 24.2 Å². The molecule has 3 amide bonds. The van der Waals surface area contributed by atoms with Crippen molar-refractivity contribution in [1.82, 2.24) is 25.4 Å². The third-order valence-corrected chi connectivity index (χ3v) is 9.91. The molecule has 3 rings (SSSR count). The first kappa shape index (κ1) is 36.6. The Morgan fingerprint density at radius 3 is 2.53 bits per heavy atom. The maximum atomic E-state index is 14.5. The van der Waals surface area contributed by atoms with Crippen molar-refractivity contribution in [1.29, 1.82) is 0 Å². The molecule has 1 fully saturated rings. The minimum Gasteiger partial charge on any atom is -0.461 e. The Kier molecular flexibility index (Phi) is 14.5. The maximum Gasteiger partial charge on any atom is 0.357 e. The van der Waals surface area contributed by atoms with Gasteiger partial charge in [-0.3, -0.25) is 19.3 Å². The summed E-state index contributed by atoms with van der Waals surface area (Å²) in [7, 11) is 1.93. The molecule has 2 heterocycles. The second-order valence-corrected chi connectivity index (χ2v) is 13.6. The number of rotatable bonds is 15. The molecule has 1 aromatic heterocycles. The van der Waals surface area contributed by atoms with Gasteiger partial charge in [0.2, 0.25) is 17.7 Å². The molecule has 0 aromatic carbocycles. The third-order valence-electron chi connectivity index (χ3n) is 8.96. The first-order valence-electron chi connectivity index (χ1n) is 16.6. The average molecular weight is 648 g/mol. The molecule has 1 aliphatic heterocycles. The van der Waals surface area contributed by atoms with Gasteiger partial charge in [0.05, 0.1) is 12.6 Å². The van der Waals surface area contributed by atoms with Crippen LogP contribution in [0.15, 0.2) is 17.2 Å². The predicted molar refractivity (Wildman–Crippen MR) is 174 cm³/mol. The SMILES string of the molecule is CCOC(=O)c1csc([C@H](O)C[C@H](C(C)C)N(CC(=O)NC2=CCCCC2)C(=O)[C@@H](NC(=O)[C@H]2CCCCN2C)[C@@H](C)CC)n1. The normalized spacial score (nSPS) is 20.0. The van der Waals surface area contributed by atoms with E-state index in [0.717, 1.165) is 68.5 Å². The molecule has 11 nitrogen and oxygen atoms in total. The number of amides is 3. The zero-order chi connectivity index (χ0) is 33.1. The first-order valence-corrected chi connectivity index (χ1v) is 17.4. The average Bonchev–Trinajstić information content (AvgIpc) is 3.52. The largest absolute Gasteiger partial charge is 0.461 e. The Balaban J connectivity index is 1.91. The molecule has 0 bridgehead atoms. The number of likely N-dealkylation sites (N-methyl/N-ethyl adjacent to an activating group) is 1. The van der Waals surface area contributed by atoms with Crippen molar-refractivity contribution in [3.63, 3.8) is 0 Å². The quantitative estimate of drug-likeness (QED) is 0.241. The van der Waals surface area contributed by atoms with Gasteiger partial charge in [-0.2, -0.15) is 0 Å². The van der Waals surface area contributed by atoms with E-state index in [1.54, 1.807) is 12.3 Å². The number of allylic oxidation sites excluding steroid dienone is 2. The number of hydrogen-bond acceptors (Lipinski definition) is 9. The summed E-state index contributed by atoms with van der Waals surface area (Å²) in [6.45, 7) is 10.3. The number of carbonyl (C=O) groups excluding carboxylic acids is 4. The fourth-order valence-electron chi connectivity index (χ4n) is 6.03. The van der Waals surface area contributed by atoms with Crippen LogP contribution < -0.4 is 10.6 Å². The standard InChI is InChI=1S/C33H53N5O6S/c1-7-22(5)29(36-30(41)25-16-12-13-17-37(25)6)32(42)38(19-28(40)34-23-14-10-9-11-15-23)26(21(3)4)18-27(39)31-35-24(20-45-31)33(43)44-8-2/h14,20-22,25-27,29,39H,7-13,15-19H2,1-6H3,(H,34,40)(H,36,41)/t22-,25+,26+,27+,29-/m0/s1. The maximum absolute atomic E-state index is 14.5. The molecule has 12 heteroatoms. The van der Waals surface area contributed by atoms with E-state index in [0.29, 0.717) is 11.4 Å². The summed E-state index contributed by atoms with van der Waals surface area (Å²) in [5.41, 5.74) is 0.985. The number of thiazole rings is 1. The number of aliphatic hydroxyl groups excluding tert-OH is 1. The van der Waals surface area contributed by atoms with E-state index >= 15 is 0 Å². The molecule has 2 aliphatic rings. The van der Waals surface area contributed by atoms with Gasteiger partial charge in [0.15, 0.2) is 5.69 Å². The van der Waals surface area contributed by atoms with Gasteiger partial charge in [0, 0.05) is 23.5 Å². The summed E-state index contributed by atoms with van der Waals surface area (Å²) in [4.78, 5) is 61.6. The molecule has 45 heavy (non-hydrogen) atoms. The number of carbonyl (C=O) groups is 4. The molecule has 252 valence electrons. The molecule has 0 saturated carbocycles. The van der Waals surface area contributed by atoms with E-state index in [1.165, 1.54) is 4.90 Å². The predicted octanol–water partition coefficient (Wildman–Crippen LogP) is 4.19. The Morgan fingerprint density at radius 1 is 1.16 bits per heavy atom. The lowest BCUT2D eigenvalue weighted by Crippen LogP contribution is -2.60. The monoisotopic (exact) mass is 647 g/mol. The van der Waals surface area contributed by atoms with Crippen LogP contribution >= 0.6 is 11.3 Å². The molecular weight excluding hydrogens is 594 g/mol. The Hall–Kier alpha value is -2.83. The van der Waals surface area contributed by atoms with Gasteiger partial charge >= 0.3 is 5.97 Å². The van der Waals surface area contributed by atoms with Crippen molar-refractivity contribution in [2.75, 3.05) is 26.7 Å². The molecule has 1 aliphatic carbocycles. The first-order chi connectivity index (χ1) is 21.5. The lowest BCUT2D eigenvalue weighted by Gasteiger charge is -2.39. The van der Waals surface area contributed by atoms with E-state index in [9.17, 15) is 24.3 Å². The number of piperidine rings is 1. The third kappa shape index (κ3) is 10.3. The number of esters is 1. The molecule has 0 radical (unpaired) electrons. The van der Waals surface area contributed by atoms with Gasteiger partial charge < -0.3 is 25.4 Å². The van der Waals surface area contributed by atoms with Crippen LogP contribution in [0.5, 0.6) is 0 Å². The van der Waals surface area contributed by atoms with E-state index in [2.05, 4.69) is 15.6 Å². The summed E-state index contributed by atoms with van der Waals surface area (Å²) in [6, 6.07) is -1.71. The summed E-state index contributed by atoms with van der Waals surface area (Å²) >= 11 is 1.15. The van der Waals surface area contributed by atoms with Gasteiger partial charge in [-0.05, 0) is 70.9 Å². The van der Waals surface area contributed by atoms with Crippen molar-refractivity contribution in [3.8, 4) is 0 Å². The van der Waals surface area contributed by atoms with Crippen LogP contribution in [-0.2, 0) is 19.1 Å². The summed E-state index contributed by atoms with van der Waals surface area (Å²) in [5.74, 6) is -1.73. The van der Waals surface area contributed by atoms with Crippen LogP contribution in [0.1, 0.15) is 114 Å². The van der Waals surface area contributed by atoms with Crippen molar-refractivity contribution in [2.24, 2.45) is 11.8 Å². The highest BCUT2D eigenvalue weighted by atomic mass is 32.1. The summed E-state index contributed by atoms with van der Waals surface area (Å²) in [6.07, 6.45) is 8.16. The second-order valence-electron chi connectivity index (χ2n) is 12.7. The zero-order valence-corrected chi connectivity index (χ0v) is 28.7. The fourth-order valence-corrected chi connectivity index (χ4v) is 6.82. The lowest BCUT2D eigenvalue weighted by atomic mass is 9.92. The van der Waals surface area contributed by atoms with Gasteiger partial charge in [0.25, 0.3) is 0 Å². The summed E-state index contributed by atoms with van der Waals surface area (Å²) in [5, 5.41) is 19.3. The van der Waals surface area contributed by atoms with Crippen LogP contribution in [-0.4, -0.2) is 88.5 Å². The van der Waals surface area contributed by atoms with Gasteiger partial charge in [0.1, 0.15) is 23.7 Å². The van der Waals surface area contributed by atoms with Crippen molar-refractivity contribution < 1.29 is 29.0 Å². The highest BCUT2D eigenvalue weighted by Gasteiger charge is 2.39.